The van der Waals surface area contributed by atoms with E-state index in [1.165, 1.54) is 24.3 Å². The second kappa shape index (κ2) is 6.62. The van der Waals surface area contributed by atoms with Gasteiger partial charge in [-0.15, -0.1) is 0 Å². The average molecular weight is 382 g/mol. The van der Waals surface area contributed by atoms with Crippen LogP contribution in [0.1, 0.15) is 5.56 Å². The van der Waals surface area contributed by atoms with Gasteiger partial charge in [-0.2, -0.15) is 13.2 Å². The van der Waals surface area contributed by atoms with Gasteiger partial charge >= 0.3 is 5.51 Å². The monoisotopic (exact) mass is 381 g/mol. The number of aryl methyl sites for hydroxylation is 1. The molecule has 0 aliphatic carbocycles. The van der Waals surface area contributed by atoms with E-state index < -0.39 is 15.5 Å². The van der Waals surface area contributed by atoms with Crippen molar-refractivity contribution in [2.75, 3.05) is 4.72 Å². The maximum absolute atomic E-state index is 12.4. The number of hydrogen-bond donors (Lipinski definition) is 1. The maximum atomic E-state index is 12.4. The van der Waals surface area contributed by atoms with Gasteiger partial charge in [0.05, 0.1) is 15.6 Å². The van der Waals surface area contributed by atoms with E-state index in [2.05, 4.69) is 4.72 Å². The van der Waals surface area contributed by atoms with Crippen molar-refractivity contribution in [1.82, 2.24) is 0 Å². The van der Waals surface area contributed by atoms with Crippen molar-refractivity contribution in [3.63, 3.8) is 0 Å². The highest BCUT2D eigenvalue weighted by Crippen LogP contribution is 2.39. The molecule has 0 atom stereocenters. The van der Waals surface area contributed by atoms with Gasteiger partial charge in [-0.05, 0) is 49.0 Å². The molecule has 23 heavy (non-hydrogen) atoms. The molecule has 2 aromatic rings. The molecule has 1 N–H and O–H groups in total. The Labute approximate surface area is 140 Å². The number of anilines is 1. The Morgan fingerprint density at radius 3 is 2.26 bits per heavy atom. The van der Waals surface area contributed by atoms with Crippen molar-refractivity contribution in [3.05, 3.63) is 53.1 Å². The zero-order valence-electron chi connectivity index (χ0n) is 11.7. The van der Waals surface area contributed by atoms with Crippen molar-refractivity contribution in [3.8, 4) is 0 Å². The van der Waals surface area contributed by atoms with Gasteiger partial charge in [0, 0.05) is 4.90 Å². The fraction of sp³-hybridized carbons (Fsp3) is 0.143. The molecule has 0 spiro atoms. The summed E-state index contributed by atoms with van der Waals surface area (Å²) in [5.74, 6) is 0. The lowest BCUT2D eigenvalue weighted by Crippen LogP contribution is -2.13. The number of thioether (sulfide) groups is 1. The number of alkyl halides is 3. The first-order chi connectivity index (χ1) is 10.6. The molecule has 124 valence electrons. The van der Waals surface area contributed by atoms with E-state index in [-0.39, 0.29) is 32.3 Å². The molecule has 3 nitrogen and oxygen atoms in total. The molecule has 0 bridgehead atoms. The van der Waals surface area contributed by atoms with Crippen LogP contribution in [0, 0.1) is 6.92 Å². The van der Waals surface area contributed by atoms with Crippen LogP contribution in [0.25, 0.3) is 0 Å². The van der Waals surface area contributed by atoms with Crippen LogP contribution >= 0.6 is 23.4 Å². The topological polar surface area (TPSA) is 46.2 Å². The maximum Gasteiger partial charge on any atom is 0.446 e. The molecule has 2 rings (SSSR count). The molecule has 0 aromatic heterocycles. The molecule has 0 amide bonds. The Morgan fingerprint density at radius 2 is 1.70 bits per heavy atom. The SMILES string of the molecule is Cc1ccc(S(=O)(=O)Nc2cc(SC(F)(F)F)ccc2Cl)cc1. The highest BCUT2D eigenvalue weighted by atomic mass is 35.5. The molecule has 0 aliphatic rings. The molecule has 0 saturated heterocycles. The molecule has 2 aromatic carbocycles. The highest BCUT2D eigenvalue weighted by Gasteiger charge is 2.29. The lowest BCUT2D eigenvalue weighted by Gasteiger charge is -2.12. The summed E-state index contributed by atoms with van der Waals surface area (Å²) in [6.07, 6.45) is 0. The molecule has 0 unspecified atom stereocenters. The Balaban J connectivity index is 2.31. The van der Waals surface area contributed by atoms with Crippen LogP contribution in [0.3, 0.4) is 0 Å². The molecule has 0 saturated carbocycles. The van der Waals surface area contributed by atoms with E-state index in [1.54, 1.807) is 19.1 Å². The number of hydrogen-bond acceptors (Lipinski definition) is 3. The van der Waals surface area contributed by atoms with E-state index >= 15 is 0 Å². The zero-order chi connectivity index (χ0) is 17.3. The van der Waals surface area contributed by atoms with E-state index in [1.807, 2.05) is 0 Å². The van der Waals surface area contributed by atoms with Gasteiger partial charge in [0.1, 0.15) is 0 Å². The van der Waals surface area contributed by atoms with Crippen LogP contribution in [0.15, 0.2) is 52.3 Å². The van der Waals surface area contributed by atoms with Gasteiger partial charge in [-0.1, -0.05) is 29.3 Å². The second-order valence-corrected chi connectivity index (χ2v) is 7.84. The van der Waals surface area contributed by atoms with E-state index in [0.717, 1.165) is 11.6 Å². The summed E-state index contributed by atoms with van der Waals surface area (Å²) in [6, 6.07) is 9.47. The number of nitrogens with one attached hydrogen (secondary N) is 1. The van der Waals surface area contributed by atoms with E-state index in [9.17, 15) is 21.6 Å². The lowest BCUT2D eigenvalue weighted by molar-refractivity contribution is -0.0328. The van der Waals surface area contributed by atoms with Crippen LogP contribution in [-0.4, -0.2) is 13.9 Å². The summed E-state index contributed by atoms with van der Waals surface area (Å²) in [4.78, 5) is -0.170. The second-order valence-electron chi connectivity index (χ2n) is 4.61. The fourth-order valence-corrected chi connectivity index (χ4v) is 3.57. The van der Waals surface area contributed by atoms with Gasteiger partial charge in [-0.3, -0.25) is 4.72 Å². The predicted octanol–water partition coefficient (Wildman–Crippen LogP) is 5.06. The zero-order valence-corrected chi connectivity index (χ0v) is 14.1. The normalized spacial score (nSPS) is 12.2. The van der Waals surface area contributed by atoms with Gasteiger partial charge in [0.15, 0.2) is 0 Å². The molecule has 0 aliphatic heterocycles. The van der Waals surface area contributed by atoms with Crippen molar-refractivity contribution >= 4 is 39.1 Å². The van der Waals surface area contributed by atoms with Gasteiger partial charge < -0.3 is 0 Å². The number of sulfonamides is 1. The Bertz CT molecular complexity index is 806. The summed E-state index contributed by atoms with van der Waals surface area (Å²) in [5.41, 5.74) is -3.70. The standard InChI is InChI=1S/C14H11ClF3NO2S2/c1-9-2-5-11(6-3-9)23(20,21)19-13-8-10(4-7-12(13)15)22-14(16,17)18/h2-8,19H,1H3. The first kappa shape index (κ1) is 18.0. The molecule has 0 fully saturated rings. The van der Waals surface area contributed by atoms with Crippen molar-refractivity contribution in [2.24, 2.45) is 0 Å². The third-order valence-electron chi connectivity index (χ3n) is 2.75. The smallest absolute Gasteiger partial charge is 0.278 e. The van der Waals surface area contributed by atoms with Crippen molar-refractivity contribution < 1.29 is 21.6 Å². The minimum Gasteiger partial charge on any atom is -0.278 e. The average Bonchev–Trinajstić information content (AvgIpc) is 2.41. The Kier molecular flexibility index (Phi) is 5.17. The molecule has 0 radical (unpaired) electrons. The fourth-order valence-electron chi connectivity index (χ4n) is 1.70. The Hall–Kier alpha value is -1.38. The van der Waals surface area contributed by atoms with Gasteiger partial charge in [0.2, 0.25) is 0 Å². The van der Waals surface area contributed by atoms with Crippen LogP contribution in [0.4, 0.5) is 18.9 Å². The minimum absolute atomic E-state index is 0.00644. The van der Waals surface area contributed by atoms with Crippen LogP contribution in [-0.2, 0) is 10.0 Å². The third kappa shape index (κ3) is 5.05. The summed E-state index contributed by atoms with van der Waals surface area (Å²) in [5, 5.41) is 0.00668. The third-order valence-corrected chi connectivity index (χ3v) is 5.18. The number of benzene rings is 2. The van der Waals surface area contributed by atoms with Gasteiger partial charge in [0.25, 0.3) is 10.0 Å². The summed E-state index contributed by atoms with van der Waals surface area (Å²) < 4.78 is 64.0. The van der Waals surface area contributed by atoms with Gasteiger partial charge in [-0.25, -0.2) is 8.42 Å². The molecule has 9 heteroatoms. The van der Waals surface area contributed by atoms with Crippen molar-refractivity contribution in [2.45, 2.75) is 22.2 Å². The van der Waals surface area contributed by atoms with E-state index in [4.69, 9.17) is 11.6 Å². The first-order valence-corrected chi connectivity index (χ1v) is 8.89. The Morgan fingerprint density at radius 1 is 1.09 bits per heavy atom. The largest absolute Gasteiger partial charge is 0.446 e. The quantitative estimate of drug-likeness (QED) is 0.753. The van der Waals surface area contributed by atoms with Crippen LogP contribution in [0.2, 0.25) is 5.02 Å². The number of halogens is 4. The minimum atomic E-state index is -4.47. The lowest BCUT2D eigenvalue weighted by atomic mass is 10.2. The van der Waals surface area contributed by atoms with Crippen LogP contribution in [0.5, 0.6) is 0 Å². The molecule has 0 heterocycles. The first-order valence-electron chi connectivity index (χ1n) is 6.22. The van der Waals surface area contributed by atoms with E-state index in [0.29, 0.717) is 0 Å². The summed E-state index contributed by atoms with van der Waals surface area (Å²) in [6.45, 7) is 1.80. The predicted molar refractivity (Wildman–Crippen MR) is 85.4 cm³/mol. The molecular formula is C14H11ClF3NO2S2. The highest BCUT2D eigenvalue weighted by molar-refractivity contribution is 8.00. The summed E-state index contributed by atoms with van der Waals surface area (Å²) >= 11 is 5.52. The van der Waals surface area contributed by atoms with Crippen LogP contribution < -0.4 is 4.72 Å². The number of rotatable bonds is 4. The summed E-state index contributed by atoms with van der Waals surface area (Å²) in [7, 11) is -3.94. The van der Waals surface area contributed by atoms with Crippen molar-refractivity contribution in [1.29, 1.82) is 0 Å². The molecular weight excluding hydrogens is 371 g/mol.